The maximum absolute atomic E-state index is 8.78. The van der Waals surface area contributed by atoms with Gasteiger partial charge in [-0.2, -0.15) is 0 Å². The molecule has 0 aromatic heterocycles. The van der Waals surface area contributed by atoms with E-state index in [-0.39, 0.29) is 0 Å². The molecule has 0 unspecified atom stereocenters. The third kappa shape index (κ3) is 2.07. The molecule has 1 rings (SSSR count). The SMILES string of the molecule is C[C@H](O)Oc1ccccc1. The van der Waals surface area contributed by atoms with E-state index in [9.17, 15) is 0 Å². The summed E-state index contributed by atoms with van der Waals surface area (Å²) in [5.41, 5.74) is 0. The lowest BCUT2D eigenvalue weighted by molar-refractivity contribution is -0.000286. The zero-order chi connectivity index (χ0) is 7.40. The molecule has 54 valence electrons. The fraction of sp³-hybridized carbons (Fsp3) is 0.250. The van der Waals surface area contributed by atoms with Crippen LogP contribution in [0.1, 0.15) is 6.92 Å². The number of aliphatic hydroxyl groups excluding tert-OH is 1. The summed E-state index contributed by atoms with van der Waals surface area (Å²) >= 11 is 0. The Morgan fingerprint density at radius 1 is 1.30 bits per heavy atom. The van der Waals surface area contributed by atoms with Gasteiger partial charge in [-0.15, -0.1) is 0 Å². The second-order valence-corrected chi connectivity index (χ2v) is 2.03. The van der Waals surface area contributed by atoms with E-state index in [2.05, 4.69) is 0 Å². The molecular weight excluding hydrogens is 128 g/mol. The van der Waals surface area contributed by atoms with Crippen molar-refractivity contribution in [1.82, 2.24) is 0 Å². The van der Waals surface area contributed by atoms with Crippen LogP contribution in [0, 0.1) is 0 Å². The van der Waals surface area contributed by atoms with Gasteiger partial charge in [-0.3, -0.25) is 0 Å². The Hall–Kier alpha value is -1.02. The Kier molecular flexibility index (Phi) is 2.29. The average Bonchev–Trinajstić information content (AvgIpc) is 1.88. The smallest absolute Gasteiger partial charge is 0.194 e. The molecule has 1 aromatic rings. The molecular formula is C8H10O2. The predicted octanol–water partition coefficient (Wildman–Crippen LogP) is 1.40. The maximum atomic E-state index is 8.78. The third-order valence-corrected chi connectivity index (χ3v) is 1.05. The van der Waals surface area contributed by atoms with Crippen LogP contribution in [0.3, 0.4) is 0 Å². The summed E-state index contributed by atoms with van der Waals surface area (Å²) in [5, 5.41) is 8.78. The van der Waals surface area contributed by atoms with E-state index in [1.807, 2.05) is 18.2 Å². The molecule has 0 saturated heterocycles. The van der Waals surface area contributed by atoms with Crippen molar-refractivity contribution in [3.63, 3.8) is 0 Å². The lowest BCUT2D eigenvalue weighted by Crippen LogP contribution is -2.08. The monoisotopic (exact) mass is 138 g/mol. The van der Waals surface area contributed by atoms with Crippen molar-refractivity contribution in [2.75, 3.05) is 0 Å². The minimum absolute atomic E-state index is 0.692. The van der Waals surface area contributed by atoms with Gasteiger partial charge >= 0.3 is 0 Å². The van der Waals surface area contributed by atoms with Gasteiger partial charge in [0, 0.05) is 0 Å². The minimum Gasteiger partial charge on any atom is -0.465 e. The average molecular weight is 138 g/mol. The van der Waals surface area contributed by atoms with Crippen LogP contribution in [0.15, 0.2) is 30.3 Å². The quantitative estimate of drug-likeness (QED) is 0.626. The molecule has 0 aliphatic carbocycles. The standard InChI is InChI=1S/C8H10O2/c1-7(9)10-8-5-3-2-4-6-8/h2-7,9H,1H3/t7-/m1/s1. The van der Waals surface area contributed by atoms with Crippen LogP contribution in [0.4, 0.5) is 0 Å². The van der Waals surface area contributed by atoms with Gasteiger partial charge in [0.15, 0.2) is 6.29 Å². The van der Waals surface area contributed by atoms with E-state index in [1.165, 1.54) is 0 Å². The van der Waals surface area contributed by atoms with Gasteiger partial charge < -0.3 is 9.84 Å². The molecule has 2 heteroatoms. The van der Waals surface area contributed by atoms with Crippen molar-refractivity contribution in [1.29, 1.82) is 0 Å². The molecule has 1 aromatic carbocycles. The molecule has 0 saturated carbocycles. The summed E-state index contributed by atoms with van der Waals surface area (Å²) in [7, 11) is 0. The summed E-state index contributed by atoms with van der Waals surface area (Å²) in [6.07, 6.45) is -0.734. The van der Waals surface area contributed by atoms with E-state index in [4.69, 9.17) is 9.84 Å². The topological polar surface area (TPSA) is 29.5 Å². The molecule has 0 amide bonds. The Balaban J connectivity index is 2.59. The Bertz CT molecular complexity index is 182. The van der Waals surface area contributed by atoms with E-state index in [0.717, 1.165) is 0 Å². The molecule has 1 N–H and O–H groups in total. The van der Waals surface area contributed by atoms with Crippen LogP contribution >= 0.6 is 0 Å². The third-order valence-electron chi connectivity index (χ3n) is 1.05. The van der Waals surface area contributed by atoms with E-state index >= 15 is 0 Å². The van der Waals surface area contributed by atoms with Gasteiger partial charge in [0.05, 0.1) is 0 Å². The molecule has 0 spiro atoms. The summed E-state index contributed by atoms with van der Waals surface area (Å²) in [6.45, 7) is 1.58. The van der Waals surface area contributed by atoms with Crippen molar-refractivity contribution in [2.24, 2.45) is 0 Å². The number of rotatable bonds is 2. The van der Waals surface area contributed by atoms with Crippen molar-refractivity contribution in [3.05, 3.63) is 30.3 Å². The second kappa shape index (κ2) is 3.22. The molecule has 0 radical (unpaired) electrons. The fourth-order valence-corrected chi connectivity index (χ4v) is 0.696. The highest BCUT2D eigenvalue weighted by molar-refractivity contribution is 5.20. The summed E-state index contributed by atoms with van der Waals surface area (Å²) in [4.78, 5) is 0. The van der Waals surface area contributed by atoms with E-state index < -0.39 is 6.29 Å². The predicted molar refractivity (Wildman–Crippen MR) is 38.8 cm³/mol. The molecule has 0 aliphatic rings. The molecule has 1 atom stereocenters. The van der Waals surface area contributed by atoms with Gasteiger partial charge in [-0.25, -0.2) is 0 Å². The highest BCUT2D eigenvalue weighted by atomic mass is 16.6. The van der Waals surface area contributed by atoms with E-state index in [0.29, 0.717) is 5.75 Å². The lowest BCUT2D eigenvalue weighted by Gasteiger charge is -2.06. The molecule has 0 heterocycles. The van der Waals surface area contributed by atoms with Crippen LogP contribution in [0.25, 0.3) is 0 Å². The minimum atomic E-state index is -0.734. The first kappa shape index (κ1) is 7.09. The number of hydrogen-bond acceptors (Lipinski definition) is 2. The fourth-order valence-electron chi connectivity index (χ4n) is 0.696. The molecule has 0 fully saturated rings. The summed E-state index contributed by atoms with van der Waals surface area (Å²) < 4.78 is 4.97. The molecule has 10 heavy (non-hydrogen) atoms. The number of hydrogen-bond donors (Lipinski definition) is 1. The summed E-state index contributed by atoms with van der Waals surface area (Å²) in [6, 6.07) is 9.21. The van der Waals surface area contributed by atoms with Gasteiger partial charge in [0.2, 0.25) is 0 Å². The number of para-hydroxylation sites is 1. The lowest BCUT2D eigenvalue weighted by atomic mass is 10.3. The summed E-state index contributed by atoms with van der Waals surface area (Å²) in [5.74, 6) is 0.692. The number of aliphatic hydroxyl groups is 1. The van der Waals surface area contributed by atoms with Gasteiger partial charge in [0.25, 0.3) is 0 Å². The molecule has 2 nitrogen and oxygen atoms in total. The first-order valence-electron chi connectivity index (χ1n) is 3.19. The first-order valence-corrected chi connectivity index (χ1v) is 3.19. The van der Waals surface area contributed by atoms with Crippen molar-refractivity contribution in [2.45, 2.75) is 13.2 Å². The second-order valence-electron chi connectivity index (χ2n) is 2.03. The Morgan fingerprint density at radius 3 is 2.40 bits per heavy atom. The van der Waals surface area contributed by atoms with Crippen LogP contribution in [-0.2, 0) is 0 Å². The number of ether oxygens (including phenoxy) is 1. The van der Waals surface area contributed by atoms with Crippen LogP contribution in [0.5, 0.6) is 5.75 Å². The normalized spacial score (nSPS) is 12.6. The largest absolute Gasteiger partial charge is 0.465 e. The van der Waals surface area contributed by atoms with Crippen LogP contribution in [0.2, 0.25) is 0 Å². The van der Waals surface area contributed by atoms with Crippen LogP contribution in [-0.4, -0.2) is 11.4 Å². The Labute approximate surface area is 60.1 Å². The van der Waals surface area contributed by atoms with E-state index in [1.54, 1.807) is 19.1 Å². The van der Waals surface area contributed by atoms with Gasteiger partial charge in [-0.05, 0) is 19.1 Å². The highest BCUT2D eigenvalue weighted by Gasteiger charge is 1.94. The maximum Gasteiger partial charge on any atom is 0.194 e. The van der Waals surface area contributed by atoms with Crippen molar-refractivity contribution < 1.29 is 9.84 Å². The number of benzene rings is 1. The Morgan fingerprint density at radius 2 is 1.90 bits per heavy atom. The van der Waals surface area contributed by atoms with Gasteiger partial charge in [0.1, 0.15) is 5.75 Å². The van der Waals surface area contributed by atoms with Gasteiger partial charge in [-0.1, -0.05) is 18.2 Å². The highest BCUT2D eigenvalue weighted by Crippen LogP contribution is 2.08. The van der Waals surface area contributed by atoms with Crippen molar-refractivity contribution in [3.8, 4) is 5.75 Å². The molecule has 0 aliphatic heterocycles. The molecule has 0 bridgehead atoms. The first-order chi connectivity index (χ1) is 4.79. The van der Waals surface area contributed by atoms with Crippen molar-refractivity contribution >= 4 is 0 Å². The zero-order valence-electron chi connectivity index (χ0n) is 5.82. The van der Waals surface area contributed by atoms with Crippen LogP contribution < -0.4 is 4.74 Å². The zero-order valence-corrected chi connectivity index (χ0v) is 5.82.